The molecule has 0 fully saturated rings. The highest BCUT2D eigenvalue weighted by Crippen LogP contribution is 2.29. The molecule has 8 heteroatoms. The molecular weight excluding hydrogens is 364 g/mol. The molecule has 0 amide bonds. The second-order valence-corrected chi connectivity index (χ2v) is 6.08. The topological polar surface area (TPSA) is 67.5 Å². The van der Waals surface area contributed by atoms with Gasteiger partial charge in [-0.05, 0) is 30.3 Å². The molecule has 0 aliphatic carbocycles. The zero-order chi connectivity index (χ0) is 18.4. The largest absolute Gasteiger partial charge is 0.476 e. The first-order chi connectivity index (χ1) is 12.5. The lowest BCUT2D eigenvalue weighted by atomic mass is 10.00. The molecule has 26 heavy (non-hydrogen) atoms. The second kappa shape index (κ2) is 6.03. The summed E-state index contributed by atoms with van der Waals surface area (Å²) in [4.78, 5) is 19.6. The van der Waals surface area contributed by atoms with Crippen molar-refractivity contribution >= 4 is 23.3 Å². The maximum Gasteiger partial charge on any atom is 0.356 e. The number of aromatic nitrogens is 2. The van der Waals surface area contributed by atoms with Crippen LogP contribution in [0.15, 0.2) is 47.6 Å². The van der Waals surface area contributed by atoms with Crippen molar-refractivity contribution in [2.45, 2.75) is 6.54 Å². The van der Waals surface area contributed by atoms with E-state index in [0.29, 0.717) is 22.1 Å². The number of nitrogens with zero attached hydrogens (tertiary/aromatic N) is 3. The van der Waals surface area contributed by atoms with E-state index in [4.69, 9.17) is 16.7 Å². The zero-order valence-electron chi connectivity index (χ0n) is 13.1. The summed E-state index contributed by atoms with van der Waals surface area (Å²) in [5, 5.41) is 9.55. The molecule has 2 heterocycles. The van der Waals surface area contributed by atoms with E-state index in [1.807, 2.05) is 0 Å². The fourth-order valence-electron chi connectivity index (χ4n) is 2.90. The second-order valence-electron chi connectivity index (χ2n) is 5.65. The number of imidazole rings is 1. The molecule has 1 N–H and O–H groups in total. The van der Waals surface area contributed by atoms with E-state index in [1.54, 1.807) is 22.8 Å². The predicted octanol–water partition coefficient (Wildman–Crippen LogP) is 3.85. The van der Waals surface area contributed by atoms with E-state index in [0.717, 1.165) is 6.07 Å². The summed E-state index contributed by atoms with van der Waals surface area (Å²) in [7, 11) is 0. The fourth-order valence-corrected chi connectivity index (χ4v) is 3.07. The Morgan fingerprint density at radius 3 is 2.77 bits per heavy atom. The van der Waals surface area contributed by atoms with Crippen LogP contribution >= 0.6 is 11.6 Å². The smallest absolute Gasteiger partial charge is 0.356 e. The Labute approximate surface area is 151 Å². The average Bonchev–Trinajstić information content (AvgIpc) is 2.97. The molecule has 3 aromatic rings. The minimum absolute atomic E-state index is 0.00210. The number of rotatable bonds is 2. The van der Waals surface area contributed by atoms with Crippen LogP contribution in [0, 0.1) is 11.6 Å². The number of carbonyl (C=O) groups is 1. The molecule has 2 aromatic carbocycles. The van der Waals surface area contributed by atoms with Crippen LogP contribution in [0.1, 0.15) is 27.4 Å². The van der Waals surface area contributed by atoms with Gasteiger partial charge in [0.2, 0.25) is 0 Å². The Morgan fingerprint density at radius 2 is 2.00 bits per heavy atom. The fraction of sp³-hybridized carbons (Fsp3) is 0.0556. The van der Waals surface area contributed by atoms with Gasteiger partial charge in [-0.25, -0.2) is 18.6 Å². The molecule has 1 aliphatic heterocycles. The lowest BCUT2D eigenvalue weighted by Gasteiger charge is -2.13. The minimum atomic E-state index is -1.17. The number of carboxylic acids is 1. The molecule has 0 saturated carbocycles. The number of aromatic carboxylic acids is 1. The first-order valence-electron chi connectivity index (χ1n) is 7.56. The quantitative estimate of drug-likeness (QED) is 0.741. The lowest BCUT2D eigenvalue weighted by molar-refractivity contribution is 0.0691. The van der Waals surface area contributed by atoms with Crippen molar-refractivity contribution in [3.8, 4) is 5.69 Å². The molecule has 5 nitrogen and oxygen atoms in total. The molecule has 0 radical (unpaired) electrons. The molecule has 0 bridgehead atoms. The Morgan fingerprint density at radius 1 is 1.19 bits per heavy atom. The van der Waals surface area contributed by atoms with Gasteiger partial charge >= 0.3 is 5.97 Å². The van der Waals surface area contributed by atoms with Crippen LogP contribution in [0.3, 0.4) is 0 Å². The third-order valence-electron chi connectivity index (χ3n) is 4.06. The number of benzene rings is 2. The van der Waals surface area contributed by atoms with Gasteiger partial charge in [0.05, 0.1) is 17.9 Å². The molecule has 1 aliphatic rings. The SMILES string of the molecule is O=C(O)c1cn2c(n1)CN=C(c1cccc(F)c1F)c1cc(Cl)ccc1-2. The first kappa shape index (κ1) is 16.4. The van der Waals surface area contributed by atoms with Gasteiger partial charge in [0.15, 0.2) is 17.3 Å². The normalized spacial score (nSPS) is 12.8. The summed E-state index contributed by atoms with van der Waals surface area (Å²) in [5.74, 6) is -2.79. The van der Waals surface area contributed by atoms with Crippen molar-refractivity contribution in [1.82, 2.24) is 9.55 Å². The monoisotopic (exact) mass is 373 g/mol. The van der Waals surface area contributed by atoms with Crippen LogP contribution < -0.4 is 0 Å². The highest BCUT2D eigenvalue weighted by molar-refractivity contribution is 6.31. The Hall–Kier alpha value is -3.06. The van der Waals surface area contributed by atoms with E-state index in [1.165, 1.54) is 18.3 Å². The van der Waals surface area contributed by atoms with E-state index in [2.05, 4.69) is 9.98 Å². The van der Waals surface area contributed by atoms with Gasteiger partial charge in [0.25, 0.3) is 0 Å². The Kier molecular flexibility index (Phi) is 3.81. The summed E-state index contributed by atoms with van der Waals surface area (Å²) in [6.07, 6.45) is 1.37. The first-order valence-corrected chi connectivity index (χ1v) is 7.94. The van der Waals surface area contributed by atoms with Crippen LogP contribution in [0.25, 0.3) is 5.69 Å². The zero-order valence-corrected chi connectivity index (χ0v) is 13.8. The molecular formula is C18H10ClF2N3O2. The third-order valence-corrected chi connectivity index (χ3v) is 4.29. The van der Waals surface area contributed by atoms with Crippen molar-refractivity contribution in [2.75, 3.05) is 0 Å². The maximum atomic E-state index is 14.3. The summed E-state index contributed by atoms with van der Waals surface area (Å²) < 4.78 is 29.6. The van der Waals surface area contributed by atoms with E-state index in [9.17, 15) is 13.6 Å². The summed E-state index contributed by atoms with van der Waals surface area (Å²) >= 11 is 6.09. The number of carboxylic acid groups (broad SMARTS) is 1. The van der Waals surface area contributed by atoms with Crippen molar-refractivity contribution in [3.05, 3.63) is 81.9 Å². The molecule has 130 valence electrons. The van der Waals surface area contributed by atoms with Crippen molar-refractivity contribution in [1.29, 1.82) is 0 Å². The van der Waals surface area contributed by atoms with Crippen molar-refractivity contribution in [2.24, 2.45) is 4.99 Å². The van der Waals surface area contributed by atoms with Crippen LogP contribution in [0.2, 0.25) is 5.02 Å². The van der Waals surface area contributed by atoms with Crippen LogP contribution in [-0.4, -0.2) is 26.3 Å². The summed E-state index contributed by atoms with van der Waals surface area (Å²) in [6.45, 7) is 0.00483. The Bertz CT molecular complexity index is 1090. The van der Waals surface area contributed by atoms with Gasteiger partial charge < -0.3 is 9.67 Å². The minimum Gasteiger partial charge on any atom is -0.476 e. The van der Waals surface area contributed by atoms with Crippen LogP contribution in [0.5, 0.6) is 0 Å². The van der Waals surface area contributed by atoms with Gasteiger partial charge in [-0.1, -0.05) is 17.7 Å². The number of halogens is 3. The van der Waals surface area contributed by atoms with E-state index in [-0.39, 0.29) is 23.5 Å². The average molecular weight is 374 g/mol. The molecule has 4 rings (SSSR count). The molecule has 0 spiro atoms. The van der Waals surface area contributed by atoms with Crippen molar-refractivity contribution in [3.63, 3.8) is 0 Å². The molecule has 0 saturated heterocycles. The Balaban J connectivity index is 1.98. The summed E-state index contributed by atoms with van der Waals surface area (Å²) in [6, 6.07) is 8.71. The third kappa shape index (κ3) is 2.57. The maximum absolute atomic E-state index is 14.3. The standard InChI is InChI=1S/C18H10ClF2N3O2/c19-9-4-5-14-11(6-9)17(10-2-1-3-12(20)16(10)21)22-7-15-23-13(18(25)26)8-24(14)15/h1-6,8H,7H2,(H,25,26). The molecule has 1 aromatic heterocycles. The number of fused-ring (bicyclic) bond motifs is 3. The highest BCUT2D eigenvalue weighted by atomic mass is 35.5. The highest BCUT2D eigenvalue weighted by Gasteiger charge is 2.24. The summed E-state index contributed by atoms with van der Waals surface area (Å²) in [5.41, 5.74) is 1.08. The van der Waals surface area contributed by atoms with Gasteiger partial charge in [-0.2, -0.15) is 0 Å². The van der Waals surface area contributed by atoms with Crippen LogP contribution in [0.4, 0.5) is 8.78 Å². The number of hydrogen-bond acceptors (Lipinski definition) is 3. The van der Waals surface area contributed by atoms with Gasteiger partial charge in [-0.15, -0.1) is 0 Å². The number of aliphatic imine (C=N–C) groups is 1. The van der Waals surface area contributed by atoms with Crippen LogP contribution in [-0.2, 0) is 6.54 Å². The number of hydrogen-bond donors (Lipinski definition) is 1. The molecule has 0 atom stereocenters. The predicted molar refractivity (Wildman–Crippen MR) is 91.2 cm³/mol. The van der Waals surface area contributed by atoms with Gasteiger partial charge in [-0.3, -0.25) is 4.99 Å². The van der Waals surface area contributed by atoms with E-state index >= 15 is 0 Å². The van der Waals surface area contributed by atoms with Gasteiger partial charge in [0.1, 0.15) is 5.82 Å². The lowest BCUT2D eigenvalue weighted by Crippen LogP contribution is -2.10. The molecule has 0 unspecified atom stereocenters. The van der Waals surface area contributed by atoms with Crippen molar-refractivity contribution < 1.29 is 18.7 Å². The van der Waals surface area contributed by atoms with Gasteiger partial charge in [0, 0.05) is 22.3 Å². The van der Waals surface area contributed by atoms with E-state index < -0.39 is 17.6 Å².